The van der Waals surface area contributed by atoms with Gasteiger partial charge in [-0.25, -0.2) is 8.78 Å². The minimum Gasteiger partial charge on any atom is -0.493 e. The molecule has 0 fully saturated rings. The predicted octanol–water partition coefficient (Wildman–Crippen LogP) is 4.54. The molecule has 1 heterocycles. The maximum atomic E-state index is 13.9. The molecule has 31 heavy (non-hydrogen) atoms. The number of hydrogen-bond donors (Lipinski definition) is 1. The summed E-state index contributed by atoms with van der Waals surface area (Å²) in [7, 11) is 3.36. The number of ether oxygens (including phenoxy) is 2. The third-order valence-electron chi connectivity index (χ3n) is 4.34. The molecule has 6 nitrogen and oxygen atoms in total. The fourth-order valence-corrected chi connectivity index (χ4v) is 2.83. The fraction of sp³-hybridized carbons (Fsp3) is 0.217. The lowest BCUT2D eigenvalue weighted by Gasteiger charge is -2.10. The molecule has 162 valence electrons. The van der Waals surface area contributed by atoms with Crippen molar-refractivity contribution in [2.45, 2.75) is 6.42 Å². The number of benzene rings is 2. The van der Waals surface area contributed by atoms with Crippen LogP contribution < -0.4 is 10.1 Å². The second-order valence-electron chi connectivity index (χ2n) is 6.79. The molecule has 0 aliphatic heterocycles. The first kappa shape index (κ1) is 22.2. The third kappa shape index (κ3) is 6.23. The minimum atomic E-state index is -0.932. The second-order valence-corrected chi connectivity index (χ2v) is 6.79. The smallest absolute Gasteiger partial charge is 0.257 e. The molecule has 0 aliphatic carbocycles. The monoisotopic (exact) mass is 427 g/mol. The van der Waals surface area contributed by atoms with Gasteiger partial charge in [-0.15, -0.1) is 0 Å². The maximum absolute atomic E-state index is 13.9. The van der Waals surface area contributed by atoms with Crippen LogP contribution in [0.1, 0.15) is 27.9 Å². The average molecular weight is 427 g/mol. The van der Waals surface area contributed by atoms with E-state index in [1.807, 2.05) is 0 Å². The van der Waals surface area contributed by atoms with E-state index < -0.39 is 11.6 Å². The molecule has 1 N–H and O–H groups in total. The number of aromatic nitrogens is 2. The van der Waals surface area contributed by atoms with Crippen LogP contribution in [0.25, 0.3) is 12.2 Å². The number of hydrogen-bond acceptors (Lipinski definition) is 4. The van der Waals surface area contributed by atoms with Gasteiger partial charge in [-0.1, -0.05) is 24.3 Å². The Hall–Kier alpha value is -3.52. The zero-order valence-electron chi connectivity index (χ0n) is 17.3. The van der Waals surface area contributed by atoms with Crippen LogP contribution in [-0.2, 0) is 11.8 Å². The Morgan fingerprint density at radius 3 is 2.74 bits per heavy atom. The number of rotatable bonds is 9. The van der Waals surface area contributed by atoms with Crippen LogP contribution >= 0.6 is 0 Å². The molecule has 1 aromatic heterocycles. The topological polar surface area (TPSA) is 65.4 Å². The summed E-state index contributed by atoms with van der Waals surface area (Å²) in [6.07, 6.45) is 5.44. The highest BCUT2D eigenvalue weighted by Crippen LogP contribution is 2.22. The van der Waals surface area contributed by atoms with Crippen molar-refractivity contribution in [3.8, 4) is 5.75 Å². The van der Waals surface area contributed by atoms with Crippen LogP contribution in [0, 0.1) is 11.6 Å². The maximum Gasteiger partial charge on any atom is 0.257 e. The van der Waals surface area contributed by atoms with Gasteiger partial charge in [-0.3, -0.25) is 9.48 Å². The van der Waals surface area contributed by atoms with E-state index in [2.05, 4.69) is 10.4 Å². The van der Waals surface area contributed by atoms with Gasteiger partial charge in [0.2, 0.25) is 0 Å². The van der Waals surface area contributed by atoms with Crippen molar-refractivity contribution in [1.29, 1.82) is 0 Å². The number of aryl methyl sites for hydroxylation is 1. The molecular formula is C23H23F2N3O3. The number of anilines is 1. The number of carbonyl (C=O) groups excluding carboxylic acids is 1. The standard InChI is InChI=1S/C23H23F2N3O3/c1-28-10-9-21(27-28)26-23(29)18-13-16(14-19(15-18)31-12-4-11-30-2)7-8-17-5-3-6-20(24)22(17)25/h3,5-10,13-15H,4,11-12H2,1-2H3,(H,26,27,29)/b8-7+. The zero-order chi connectivity index (χ0) is 22.2. The highest BCUT2D eigenvalue weighted by atomic mass is 19.2. The van der Waals surface area contributed by atoms with Crippen molar-refractivity contribution in [2.75, 3.05) is 25.6 Å². The van der Waals surface area contributed by atoms with E-state index in [4.69, 9.17) is 9.47 Å². The van der Waals surface area contributed by atoms with Gasteiger partial charge in [0.25, 0.3) is 5.91 Å². The first-order valence-corrected chi connectivity index (χ1v) is 9.66. The van der Waals surface area contributed by atoms with E-state index in [9.17, 15) is 13.6 Å². The highest BCUT2D eigenvalue weighted by molar-refractivity contribution is 6.04. The molecule has 0 saturated heterocycles. The Balaban J connectivity index is 1.85. The van der Waals surface area contributed by atoms with Gasteiger partial charge in [0, 0.05) is 50.6 Å². The summed E-state index contributed by atoms with van der Waals surface area (Å²) in [6, 6.07) is 10.6. The number of amides is 1. The Morgan fingerprint density at radius 2 is 2.00 bits per heavy atom. The molecule has 0 saturated carbocycles. The lowest BCUT2D eigenvalue weighted by atomic mass is 10.1. The van der Waals surface area contributed by atoms with Crippen LogP contribution in [0.15, 0.2) is 48.7 Å². The number of carbonyl (C=O) groups is 1. The molecule has 0 bridgehead atoms. The molecule has 3 aromatic rings. The number of methoxy groups -OCH3 is 1. The summed E-state index contributed by atoms with van der Waals surface area (Å²) < 4.78 is 39.7. The summed E-state index contributed by atoms with van der Waals surface area (Å²) in [5.41, 5.74) is 1.04. The average Bonchev–Trinajstić information content (AvgIpc) is 3.16. The Morgan fingerprint density at radius 1 is 1.16 bits per heavy atom. The lowest BCUT2D eigenvalue weighted by Crippen LogP contribution is -2.13. The van der Waals surface area contributed by atoms with Crippen molar-refractivity contribution in [3.63, 3.8) is 0 Å². The predicted molar refractivity (Wildman–Crippen MR) is 115 cm³/mol. The van der Waals surface area contributed by atoms with Crippen LogP contribution in [0.4, 0.5) is 14.6 Å². The zero-order valence-corrected chi connectivity index (χ0v) is 17.3. The summed E-state index contributed by atoms with van der Waals surface area (Å²) in [5.74, 6) is -1.33. The van der Waals surface area contributed by atoms with Crippen LogP contribution in [0.5, 0.6) is 5.75 Å². The minimum absolute atomic E-state index is 0.103. The number of nitrogens with one attached hydrogen (secondary N) is 1. The highest BCUT2D eigenvalue weighted by Gasteiger charge is 2.11. The van der Waals surface area contributed by atoms with E-state index in [-0.39, 0.29) is 11.5 Å². The molecule has 0 aliphatic rings. The van der Waals surface area contributed by atoms with Crippen LogP contribution in [0.2, 0.25) is 0 Å². The van der Waals surface area contributed by atoms with Gasteiger partial charge in [-0.05, 0) is 29.8 Å². The van der Waals surface area contributed by atoms with Crippen LogP contribution in [-0.4, -0.2) is 36.0 Å². The molecule has 0 spiro atoms. The molecule has 8 heteroatoms. The normalized spacial score (nSPS) is 11.1. The van der Waals surface area contributed by atoms with Gasteiger partial charge in [0.05, 0.1) is 6.61 Å². The lowest BCUT2D eigenvalue weighted by molar-refractivity contribution is 0.102. The van der Waals surface area contributed by atoms with Crippen LogP contribution in [0.3, 0.4) is 0 Å². The van der Waals surface area contributed by atoms with Gasteiger partial charge < -0.3 is 14.8 Å². The Labute approximate surface area is 179 Å². The van der Waals surface area contributed by atoms with Crippen molar-refractivity contribution < 1.29 is 23.0 Å². The Bertz CT molecular complexity index is 1080. The summed E-state index contributed by atoms with van der Waals surface area (Å²) >= 11 is 0. The number of nitrogens with zero attached hydrogens (tertiary/aromatic N) is 2. The summed E-state index contributed by atoms with van der Waals surface area (Å²) in [6.45, 7) is 0.951. The summed E-state index contributed by atoms with van der Waals surface area (Å²) in [4.78, 5) is 12.7. The fourth-order valence-electron chi connectivity index (χ4n) is 2.83. The second kappa shape index (κ2) is 10.5. The molecule has 2 aromatic carbocycles. The molecule has 1 amide bonds. The van der Waals surface area contributed by atoms with Gasteiger partial charge in [-0.2, -0.15) is 5.10 Å². The molecule has 0 unspecified atom stereocenters. The molecular weight excluding hydrogens is 404 g/mol. The van der Waals surface area contributed by atoms with E-state index in [0.717, 1.165) is 6.07 Å². The first-order chi connectivity index (χ1) is 15.0. The third-order valence-corrected chi connectivity index (χ3v) is 4.34. The molecule has 0 radical (unpaired) electrons. The van der Waals surface area contributed by atoms with E-state index in [1.54, 1.807) is 55.4 Å². The largest absolute Gasteiger partial charge is 0.493 e. The van der Waals surface area contributed by atoms with Crippen molar-refractivity contribution in [1.82, 2.24) is 9.78 Å². The van der Waals surface area contributed by atoms with E-state index in [1.165, 1.54) is 18.2 Å². The first-order valence-electron chi connectivity index (χ1n) is 9.66. The van der Waals surface area contributed by atoms with Gasteiger partial charge >= 0.3 is 0 Å². The quantitative estimate of drug-likeness (QED) is 0.402. The van der Waals surface area contributed by atoms with Crippen molar-refractivity contribution in [2.24, 2.45) is 7.05 Å². The van der Waals surface area contributed by atoms with E-state index >= 15 is 0 Å². The van der Waals surface area contributed by atoms with Crippen molar-refractivity contribution in [3.05, 3.63) is 77.0 Å². The van der Waals surface area contributed by atoms with Gasteiger partial charge in [0.15, 0.2) is 17.5 Å². The Kier molecular flexibility index (Phi) is 7.50. The molecule has 0 atom stereocenters. The van der Waals surface area contributed by atoms with E-state index in [0.29, 0.717) is 42.3 Å². The summed E-state index contributed by atoms with van der Waals surface area (Å²) in [5, 5.41) is 6.85. The SMILES string of the molecule is COCCCOc1cc(/C=C/c2cccc(F)c2F)cc(C(=O)Nc2ccn(C)n2)c1. The molecule has 3 rings (SSSR count). The number of halogens is 2. The van der Waals surface area contributed by atoms with Crippen molar-refractivity contribution >= 4 is 23.9 Å². The van der Waals surface area contributed by atoms with Gasteiger partial charge in [0.1, 0.15) is 5.75 Å².